The number of halogens is 13. The van der Waals surface area contributed by atoms with E-state index in [0.29, 0.717) is 13.0 Å². The van der Waals surface area contributed by atoms with E-state index in [1.54, 1.807) is 11.6 Å². The summed E-state index contributed by atoms with van der Waals surface area (Å²) in [4.78, 5) is 0.332. The fourth-order valence-electron chi connectivity index (χ4n) is 1.40. The normalized spacial score (nSPS) is 14.4. The first-order valence-corrected chi connectivity index (χ1v) is 15.9. The maximum atomic E-state index is 13.2. The summed E-state index contributed by atoms with van der Waals surface area (Å²) < 4.78 is 78.5. The van der Waals surface area contributed by atoms with Crippen LogP contribution in [0.3, 0.4) is 0 Å². The van der Waals surface area contributed by atoms with Crippen LogP contribution in [0.25, 0.3) is 0 Å². The van der Waals surface area contributed by atoms with Crippen LogP contribution in [0.4, 0.5) is 26.3 Å². The molecule has 36 heavy (non-hydrogen) atoms. The van der Waals surface area contributed by atoms with Gasteiger partial charge in [0.05, 0.1) is 6.20 Å². The summed E-state index contributed by atoms with van der Waals surface area (Å²) in [6.45, 7) is 0. The first kappa shape index (κ1) is 39.8. The number of hydrogen-bond donors (Lipinski definition) is 1. The van der Waals surface area contributed by atoms with Crippen LogP contribution in [0.15, 0.2) is 31.5 Å². The van der Waals surface area contributed by atoms with Crippen LogP contribution >= 0.6 is 135 Å². The topological polar surface area (TPSA) is 64.2 Å². The molecule has 2 aromatic heterocycles. The standard InChI is InChI=1S/C7H5BrCl2F3NS2.C7H6BrClF3NS2.BH2N2.Cl2/c8-7(12,13)6(10,11)1-2-15-5-14-3-4(9)16-5;8-7(11,12)6(9,10)1-3-14-5-13-2-4-15-5;1-3-2;1-2/h3H,1-2H2;2,4H,1,3H2;2H2;. The fourth-order valence-corrected chi connectivity index (χ4v) is 6.18. The molecule has 207 valence electrons. The molecule has 2 N–H and O–H groups in total. The summed E-state index contributed by atoms with van der Waals surface area (Å²) >= 11 is 24.5. The van der Waals surface area contributed by atoms with Gasteiger partial charge in [0.1, 0.15) is 8.68 Å². The predicted octanol–water partition coefficient (Wildman–Crippen LogP) is 10.3. The Balaban J connectivity index is 0. The monoisotopic (exact) mass is 823 g/mol. The van der Waals surface area contributed by atoms with Gasteiger partial charge in [-0.05, 0) is 31.9 Å². The molecule has 0 aliphatic rings. The molecule has 2 rings (SSSR count). The molecule has 1 radical (unpaired) electrons. The van der Waals surface area contributed by atoms with Gasteiger partial charge in [-0.1, -0.05) is 69.7 Å². The van der Waals surface area contributed by atoms with Crippen LogP contribution in [0, 0.1) is 0 Å². The number of nitrogens with two attached hydrogens (primary N) is 1. The molecule has 0 aliphatic carbocycles. The van der Waals surface area contributed by atoms with Crippen molar-refractivity contribution in [2.75, 3.05) is 11.5 Å². The van der Waals surface area contributed by atoms with Gasteiger partial charge in [-0.3, -0.25) is 0 Å². The Labute approximate surface area is 262 Å². The Bertz CT molecular complexity index is 851. The van der Waals surface area contributed by atoms with Crippen molar-refractivity contribution in [1.29, 1.82) is 0 Å². The SMILES string of the molecule is ClCl.FC(F)(Br)C(F)(Cl)CCSc1ncc(Cl)s1.FC(F)(Br)C(F)(Cl)CCSc1nccs1.[B]=NN. The second-order valence-corrected chi connectivity index (χ2v) is 13.9. The van der Waals surface area contributed by atoms with Crippen molar-refractivity contribution in [3.05, 3.63) is 22.1 Å². The molecule has 0 amide bonds. The fraction of sp³-hybridized carbons (Fsp3) is 0.571. The second kappa shape index (κ2) is 19.7. The summed E-state index contributed by atoms with van der Waals surface area (Å²) in [5.41, 5.74) is 0. The number of thioether (sulfide) groups is 2. The summed E-state index contributed by atoms with van der Waals surface area (Å²) in [6.07, 6.45) is 2.07. The average Bonchev–Trinajstić information content (AvgIpc) is 3.40. The number of nitrogens with zero attached hydrogens (tertiary/aromatic N) is 3. The summed E-state index contributed by atoms with van der Waals surface area (Å²) in [7, 11) is 12.5. The third kappa shape index (κ3) is 17.3. The van der Waals surface area contributed by atoms with E-state index in [1.807, 2.05) is 31.9 Å². The average molecular weight is 827 g/mol. The van der Waals surface area contributed by atoms with Gasteiger partial charge in [0.2, 0.25) is 0 Å². The zero-order valence-electron chi connectivity index (χ0n) is 17.1. The Morgan fingerprint density at radius 1 is 0.944 bits per heavy atom. The first-order valence-electron chi connectivity index (χ1n) is 8.36. The van der Waals surface area contributed by atoms with Crippen molar-refractivity contribution in [2.45, 2.75) is 41.4 Å². The number of thiazole rings is 2. The maximum absolute atomic E-state index is 13.2. The van der Waals surface area contributed by atoms with E-state index in [1.165, 1.54) is 40.6 Å². The quantitative estimate of drug-likeness (QED) is 0.0646. The van der Waals surface area contributed by atoms with Crippen LogP contribution in [-0.2, 0) is 0 Å². The summed E-state index contributed by atoms with van der Waals surface area (Å²) in [5.74, 6) is 4.49. The van der Waals surface area contributed by atoms with Gasteiger partial charge in [0.25, 0.3) is 10.3 Å². The van der Waals surface area contributed by atoms with E-state index >= 15 is 0 Å². The zero-order valence-corrected chi connectivity index (χ0v) is 27.3. The van der Waals surface area contributed by atoms with E-state index < -0.39 is 32.8 Å². The number of alkyl halides is 10. The zero-order chi connectivity index (χ0) is 28.6. The minimum absolute atomic E-state index is 0.0883. The molecule has 0 bridgehead atoms. The number of hydrogen-bond acceptors (Lipinski definition) is 8. The van der Waals surface area contributed by atoms with Crippen molar-refractivity contribution in [1.82, 2.24) is 9.97 Å². The van der Waals surface area contributed by atoms with Crippen molar-refractivity contribution in [3.63, 3.8) is 0 Å². The number of rotatable bonds is 10. The van der Waals surface area contributed by atoms with E-state index in [4.69, 9.17) is 34.8 Å². The molecular formula is C14H13BBr2Cl5F6N4S4. The Hall–Kier alpha value is 1.61. The molecule has 4 nitrogen and oxygen atoms in total. The van der Waals surface area contributed by atoms with Gasteiger partial charge in [-0.25, -0.2) is 18.7 Å². The Morgan fingerprint density at radius 2 is 1.36 bits per heavy atom. The molecule has 0 aliphatic heterocycles. The van der Waals surface area contributed by atoms with E-state index in [2.05, 4.69) is 50.2 Å². The molecule has 0 spiro atoms. The molecule has 0 saturated heterocycles. The molecule has 0 saturated carbocycles. The molecule has 0 fully saturated rings. The van der Waals surface area contributed by atoms with Gasteiger partial charge in [0.15, 0.2) is 4.34 Å². The van der Waals surface area contributed by atoms with E-state index in [0.717, 1.165) is 11.8 Å². The van der Waals surface area contributed by atoms with Gasteiger partial charge in [-0.2, -0.15) is 17.6 Å². The minimum atomic E-state index is -3.75. The van der Waals surface area contributed by atoms with Gasteiger partial charge < -0.3 is 0 Å². The molecule has 2 aromatic rings. The Kier molecular flexibility index (Phi) is 21.7. The van der Waals surface area contributed by atoms with Crippen molar-refractivity contribution in [3.8, 4) is 0 Å². The third-order valence-corrected chi connectivity index (χ3v) is 9.79. The van der Waals surface area contributed by atoms with Gasteiger partial charge in [0, 0.05) is 57.6 Å². The number of aromatic nitrogens is 2. The molecule has 0 aromatic carbocycles. The summed E-state index contributed by atoms with van der Waals surface area (Å²) in [5, 5.41) is -1.90. The molecule has 22 heteroatoms. The van der Waals surface area contributed by atoms with Crippen LogP contribution in [0.5, 0.6) is 0 Å². The van der Waals surface area contributed by atoms with Crippen LogP contribution < -0.4 is 5.84 Å². The predicted molar refractivity (Wildman–Crippen MR) is 151 cm³/mol. The van der Waals surface area contributed by atoms with Crippen molar-refractivity contribution >= 4 is 142 Å². The molecular weight excluding hydrogens is 814 g/mol. The van der Waals surface area contributed by atoms with Gasteiger partial charge in [-0.15, -0.1) is 11.3 Å². The molecule has 2 heterocycles. The van der Waals surface area contributed by atoms with Crippen LogP contribution in [0.1, 0.15) is 12.8 Å². The van der Waals surface area contributed by atoms with Crippen LogP contribution in [0.2, 0.25) is 4.34 Å². The van der Waals surface area contributed by atoms with E-state index in [-0.39, 0.29) is 11.5 Å². The van der Waals surface area contributed by atoms with Crippen molar-refractivity contribution < 1.29 is 26.3 Å². The second-order valence-electron chi connectivity index (χ2n) is 5.48. The third-order valence-electron chi connectivity index (χ3n) is 2.98. The summed E-state index contributed by atoms with van der Waals surface area (Å²) in [6, 6.07) is 0. The molecule has 2 unspecified atom stereocenters. The first-order chi connectivity index (χ1) is 16.5. The molecule has 2 atom stereocenters. The van der Waals surface area contributed by atoms with Crippen LogP contribution in [-0.4, -0.2) is 49.0 Å². The van der Waals surface area contributed by atoms with E-state index in [9.17, 15) is 26.3 Å². The van der Waals surface area contributed by atoms with Gasteiger partial charge >= 0.3 is 28.1 Å². The Morgan fingerprint density at radius 3 is 1.67 bits per heavy atom. The van der Waals surface area contributed by atoms with Crippen molar-refractivity contribution in [2.24, 2.45) is 10.8 Å².